The highest BCUT2D eigenvalue weighted by atomic mass is 35.5. The van der Waals surface area contributed by atoms with Gasteiger partial charge in [-0.3, -0.25) is 9.59 Å². The van der Waals surface area contributed by atoms with E-state index in [1.165, 1.54) is 0 Å². The highest BCUT2D eigenvalue weighted by Gasteiger charge is 2.19. The van der Waals surface area contributed by atoms with Crippen molar-refractivity contribution in [3.05, 3.63) is 21.7 Å². The van der Waals surface area contributed by atoms with Crippen LogP contribution in [0.15, 0.2) is 0 Å². The Labute approximate surface area is 157 Å². The van der Waals surface area contributed by atoms with Crippen LogP contribution in [0, 0.1) is 12.8 Å². The van der Waals surface area contributed by atoms with E-state index in [-0.39, 0.29) is 40.0 Å². The molecular weight excluding hydrogens is 360 g/mol. The minimum absolute atomic E-state index is 0.0257. The van der Waals surface area contributed by atoms with Crippen LogP contribution in [0.1, 0.15) is 66.9 Å². The molecule has 0 heterocycles. The maximum absolute atomic E-state index is 11.1. The molecule has 0 saturated heterocycles. The van der Waals surface area contributed by atoms with Crippen molar-refractivity contribution in [2.45, 2.75) is 58.8 Å². The third-order valence-electron chi connectivity index (χ3n) is 4.53. The molecule has 0 aromatic heterocycles. The van der Waals surface area contributed by atoms with Gasteiger partial charge >= 0.3 is 5.97 Å². The number of hydrogen-bond acceptors (Lipinski definition) is 5. The summed E-state index contributed by atoms with van der Waals surface area (Å²) in [7, 11) is 0. The van der Waals surface area contributed by atoms with E-state index < -0.39 is 11.8 Å². The Morgan fingerprint density at radius 3 is 2.31 bits per heavy atom. The van der Waals surface area contributed by atoms with E-state index in [2.05, 4.69) is 0 Å². The quantitative estimate of drug-likeness (QED) is 0.301. The molecule has 0 saturated carbocycles. The van der Waals surface area contributed by atoms with E-state index in [9.17, 15) is 24.6 Å². The number of Topliss-reactive ketones (excluding diaryl/α,β-unsaturated/α-hetero) is 1. The third-order valence-corrected chi connectivity index (χ3v) is 4.99. The summed E-state index contributed by atoms with van der Waals surface area (Å²) in [4.78, 5) is 32.7. The van der Waals surface area contributed by atoms with Crippen LogP contribution in [0.2, 0.25) is 5.02 Å². The Morgan fingerprint density at radius 2 is 1.73 bits per heavy atom. The predicted octanol–water partition coefficient (Wildman–Crippen LogP) is 4.05. The maximum atomic E-state index is 11.1. The number of carbonyl (C=O) groups is 3. The minimum Gasteiger partial charge on any atom is -0.507 e. The molecule has 7 heteroatoms. The molecule has 1 unspecified atom stereocenters. The van der Waals surface area contributed by atoms with Gasteiger partial charge in [0.1, 0.15) is 11.5 Å². The summed E-state index contributed by atoms with van der Waals surface area (Å²) in [5, 5.41) is 28.9. The molecule has 0 radical (unpaired) electrons. The molecule has 0 amide bonds. The molecule has 1 aromatic carbocycles. The first-order valence-electron chi connectivity index (χ1n) is 8.64. The summed E-state index contributed by atoms with van der Waals surface area (Å²) in [6.45, 7) is 3.41. The van der Waals surface area contributed by atoms with Crippen molar-refractivity contribution in [2.24, 2.45) is 5.92 Å². The number of phenols is 2. The summed E-state index contributed by atoms with van der Waals surface area (Å²) < 4.78 is 0. The summed E-state index contributed by atoms with van der Waals surface area (Å²) in [6.07, 6.45) is 5.01. The van der Waals surface area contributed by atoms with Crippen molar-refractivity contribution in [2.75, 3.05) is 0 Å². The highest BCUT2D eigenvalue weighted by molar-refractivity contribution is 6.33. The summed E-state index contributed by atoms with van der Waals surface area (Å²) >= 11 is 6.01. The Bertz CT molecular complexity index is 683. The van der Waals surface area contributed by atoms with Gasteiger partial charge in [0.15, 0.2) is 6.29 Å². The topological polar surface area (TPSA) is 112 Å². The average Bonchev–Trinajstić information content (AvgIpc) is 2.58. The van der Waals surface area contributed by atoms with E-state index in [0.29, 0.717) is 24.7 Å². The molecule has 0 aliphatic rings. The van der Waals surface area contributed by atoms with Gasteiger partial charge in [-0.2, -0.15) is 0 Å². The molecule has 6 nitrogen and oxygen atoms in total. The SMILES string of the molecule is Cc1c(Cl)c(O)c(CCCCCCC(C)CC(=O)C(=O)O)c(O)c1C=O. The number of hydrogen-bond donors (Lipinski definition) is 3. The molecule has 144 valence electrons. The first-order valence-corrected chi connectivity index (χ1v) is 9.02. The van der Waals surface area contributed by atoms with E-state index in [1.807, 2.05) is 6.92 Å². The number of benzene rings is 1. The summed E-state index contributed by atoms with van der Waals surface area (Å²) in [5.41, 5.74) is 0.730. The van der Waals surface area contributed by atoms with Crippen LogP contribution in [-0.4, -0.2) is 33.4 Å². The van der Waals surface area contributed by atoms with E-state index in [4.69, 9.17) is 16.7 Å². The van der Waals surface area contributed by atoms with Gasteiger partial charge in [0, 0.05) is 12.0 Å². The second-order valence-corrected chi connectivity index (χ2v) is 7.01. The van der Waals surface area contributed by atoms with Crippen LogP contribution in [0.5, 0.6) is 11.5 Å². The number of aromatic hydroxyl groups is 2. The number of phenolic OH excluding ortho intramolecular Hbond substituents is 2. The monoisotopic (exact) mass is 384 g/mol. The van der Waals surface area contributed by atoms with Crippen LogP contribution in [0.3, 0.4) is 0 Å². The van der Waals surface area contributed by atoms with Crippen LogP contribution in [0.4, 0.5) is 0 Å². The second kappa shape index (κ2) is 10.2. The number of halogens is 1. The Morgan fingerprint density at radius 1 is 1.12 bits per heavy atom. The number of rotatable bonds is 11. The molecule has 26 heavy (non-hydrogen) atoms. The van der Waals surface area contributed by atoms with Crippen LogP contribution < -0.4 is 0 Å². The van der Waals surface area contributed by atoms with Crippen molar-refractivity contribution >= 4 is 29.6 Å². The lowest BCUT2D eigenvalue weighted by Gasteiger charge is -2.14. The number of unbranched alkanes of at least 4 members (excludes halogenated alkanes) is 3. The first-order chi connectivity index (χ1) is 12.2. The zero-order chi connectivity index (χ0) is 19.9. The Balaban J connectivity index is 2.45. The largest absolute Gasteiger partial charge is 0.507 e. The zero-order valence-electron chi connectivity index (χ0n) is 15.0. The lowest BCUT2D eigenvalue weighted by Crippen LogP contribution is -2.15. The van der Waals surface area contributed by atoms with E-state index in [0.717, 1.165) is 25.7 Å². The molecule has 1 rings (SSSR count). The number of carbonyl (C=O) groups excluding carboxylic acids is 2. The number of carboxylic acid groups (broad SMARTS) is 1. The molecule has 0 fully saturated rings. The normalized spacial score (nSPS) is 12.0. The van der Waals surface area contributed by atoms with Crippen molar-refractivity contribution < 1.29 is 29.7 Å². The Hall–Kier alpha value is -2.08. The Kier molecular flexibility index (Phi) is 8.58. The molecule has 3 N–H and O–H groups in total. The predicted molar refractivity (Wildman–Crippen MR) is 98.1 cm³/mol. The van der Waals surface area contributed by atoms with Gasteiger partial charge in [-0.05, 0) is 31.2 Å². The maximum Gasteiger partial charge on any atom is 0.372 e. The lowest BCUT2D eigenvalue weighted by molar-refractivity contribution is -0.149. The molecular formula is C19H25ClO6. The van der Waals surface area contributed by atoms with Gasteiger partial charge in [-0.15, -0.1) is 0 Å². The smallest absolute Gasteiger partial charge is 0.372 e. The van der Waals surface area contributed by atoms with Crippen LogP contribution in [-0.2, 0) is 16.0 Å². The summed E-state index contributed by atoms with van der Waals surface area (Å²) in [5.74, 6) is -2.53. The molecule has 0 aliphatic carbocycles. The van der Waals surface area contributed by atoms with Gasteiger partial charge in [0.2, 0.25) is 5.78 Å². The fraction of sp³-hybridized carbons (Fsp3) is 0.526. The third kappa shape index (κ3) is 5.73. The number of carboxylic acids is 1. The number of aliphatic carboxylic acids is 1. The van der Waals surface area contributed by atoms with Crippen molar-refractivity contribution in [3.63, 3.8) is 0 Å². The zero-order valence-corrected chi connectivity index (χ0v) is 15.8. The van der Waals surface area contributed by atoms with E-state index in [1.54, 1.807) is 6.92 Å². The second-order valence-electron chi connectivity index (χ2n) is 6.64. The van der Waals surface area contributed by atoms with Crippen LogP contribution in [0.25, 0.3) is 0 Å². The fourth-order valence-electron chi connectivity index (χ4n) is 2.92. The van der Waals surface area contributed by atoms with E-state index >= 15 is 0 Å². The molecule has 1 atom stereocenters. The average molecular weight is 385 g/mol. The molecule has 0 aliphatic heterocycles. The van der Waals surface area contributed by atoms with Gasteiger partial charge in [-0.1, -0.05) is 44.2 Å². The lowest BCUT2D eigenvalue weighted by atomic mass is 9.95. The van der Waals surface area contributed by atoms with Gasteiger partial charge in [0.05, 0.1) is 10.6 Å². The van der Waals surface area contributed by atoms with Gasteiger partial charge in [-0.25, -0.2) is 4.79 Å². The molecule has 1 aromatic rings. The van der Waals surface area contributed by atoms with Gasteiger partial charge < -0.3 is 15.3 Å². The van der Waals surface area contributed by atoms with Gasteiger partial charge in [0.25, 0.3) is 0 Å². The van der Waals surface area contributed by atoms with Crippen LogP contribution >= 0.6 is 11.6 Å². The van der Waals surface area contributed by atoms with Crippen molar-refractivity contribution in [3.8, 4) is 11.5 Å². The number of ketones is 1. The first kappa shape index (κ1) is 22.0. The standard InChI is InChI=1S/C19H25ClO6/c1-11(9-15(22)19(25)26)7-5-3-4-6-8-13-17(23)14(10-21)12(2)16(20)18(13)24/h10-11,23-24H,3-9H2,1-2H3,(H,25,26). The minimum atomic E-state index is -1.39. The number of aldehydes is 1. The van der Waals surface area contributed by atoms with Crippen molar-refractivity contribution in [1.82, 2.24) is 0 Å². The molecule has 0 bridgehead atoms. The summed E-state index contributed by atoms with van der Waals surface area (Å²) in [6, 6.07) is 0. The molecule has 0 spiro atoms. The fourth-order valence-corrected chi connectivity index (χ4v) is 3.13. The highest BCUT2D eigenvalue weighted by Crippen LogP contribution is 2.40. The van der Waals surface area contributed by atoms with Crippen molar-refractivity contribution in [1.29, 1.82) is 0 Å².